The topological polar surface area (TPSA) is 60.7 Å². The normalized spacial score (nSPS) is 11.5. The summed E-state index contributed by atoms with van der Waals surface area (Å²) in [5, 5.41) is 0. The molecule has 1 heterocycles. The number of hydrogen-bond acceptors (Lipinski definition) is 5. The largest absolute Gasteiger partial charge is 0.463 e. The summed E-state index contributed by atoms with van der Waals surface area (Å²) >= 11 is 0. The van der Waals surface area contributed by atoms with Gasteiger partial charge in [0.1, 0.15) is 0 Å². The summed E-state index contributed by atoms with van der Waals surface area (Å²) < 4.78 is 44.4. The lowest BCUT2D eigenvalue weighted by atomic mass is 10.2. The predicted octanol–water partition coefficient (Wildman–Crippen LogP) is 1.65. The van der Waals surface area contributed by atoms with E-state index in [1.54, 1.807) is 0 Å². The Morgan fingerprint density at radius 1 is 1.53 bits per heavy atom. The monoisotopic (exact) mass is 253 g/mol. The molecule has 0 radical (unpaired) electrons. The maximum Gasteiger partial charge on any atom is 0.413 e. The van der Waals surface area contributed by atoms with Gasteiger partial charge in [0.05, 0.1) is 19.9 Å². The van der Waals surface area contributed by atoms with E-state index in [2.05, 4.69) is 15.1 Å². The molecule has 1 rings (SSSR count). The molecule has 5 nitrogen and oxygen atoms in total. The van der Waals surface area contributed by atoms with Crippen molar-refractivity contribution in [1.29, 1.82) is 0 Å². The molecule has 17 heavy (non-hydrogen) atoms. The van der Waals surface area contributed by atoms with E-state index >= 15 is 0 Å². The molecule has 0 bridgehead atoms. The highest BCUT2D eigenvalue weighted by Gasteiger charge is 2.27. The molecule has 96 valence electrons. The molecule has 0 aromatic carbocycles. The highest BCUT2D eigenvalue weighted by Crippen LogP contribution is 2.14. The molecule has 0 unspecified atom stereocenters. The molecule has 0 saturated heterocycles. The van der Waals surface area contributed by atoms with E-state index in [0.717, 1.165) is 0 Å². The van der Waals surface area contributed by atoms with Gasteiger partial charge in [-0.15, -0.1) is 0 Å². The van der Waals surface area contributed by atoms with Crippen molar-refractivity contribution in [2.45, 2.75) is 12.7 Å². The molecule has 0 fully saturated rings. The van der Waals surface area contributed by atoms with Crippen LogP contribution in [0, 0.1) is 0 Å². The quantitative estimate of drug-likeness (QED) is 0.491. The molecule has 0 aliphatic carbocycles. The van der Waals surface area contributed by atoms with Crippen molar-refractivity contribution in [3.63, 3.8) is 0 Å². The van der Waals surface area contributed by atoms with E-state index in [-0.39, 0.29) is 12.3 Å². The second kappa shape index (κ2) is 5.69. The fourth-order valence-electron chi connectivity index (χ4n) is 1.01. The number of ether oxygens (including phenoxy) is 1. The predicted molar refractivity (Wildman–Crippen MR) is 48.9 cm³/mol. The van der Waals surface area contributed by atoms with Crippen LogP contribution in [0.5, 0.6) is 0 Å². The zero-order chi connectivity index (χ0) is 12.9. The summed E-state index contributed by atoms with van der Waals surface area (Å²) in [5.41, 5.74) is 2.42. The number of nitrogens with one attached hydrogen (secondary N) is 1. The average Bonchev–Trinajstić information content (AvgIpc) is 2.70. The standard InChI is InChI=1S/C9H10F3NO4/c1-15-8(14)7-6(2-3-16-7)4-13-17-5-9(10,11)12/h2-3,13H,4-5H2,1H3. The van der Waals surface area contributed by atoms with Gasteiger partial charge in [0.2, 0.25) is 5.76 Å². The maximum absolute atomic E-state index is 11.7. The fraction of sp³-hybridized carbons (Fsp3) is 0.444. The first-order chi connectivity index (χ1) is 7.94. The van der Waals surface area contributed by atoms with Crippen molar-refractivity contribution in [3.8, 4) is 0 Å². The lowest BCUT2D eigenvalue weighted by Crippen LogP contribution is -2.24. The van der Waals surface area contributed by atoms with E-state index in [1.165, 1.54) is 19.4 Å². The van der Waals surface area contributed by atoms with Crippen LogP contribution < -0.4 is 5.48 Å². The lowest BCUT2D eigenvalue weighted by molar-refractivity contribution is -0.190. The number of methoxy groups -OCH3 is 1. The summed E-state index contributed by atoms with van der Waals surface area (Å²) in [6.07, 6.45) is -3.18. The van der Waals surface area contributed by atoms with E-state index in [4.69, 9.17) is 4.42 Å². The first kappa shape index (κ1) is 13.5. The van der Waals surface area contributed by atoms with Crippen molar-refractivity contribution in [2.24, 2.45) is 0 Å². The van der Waals surface area contributed by atoms with E-state index < -0.39 is 18.8 Å². The number of rotatable bonds is 5. The summed E-state index contributed by atoms with van der Waals surface area (Å²) in [5.74, 6) is -0.779. The highest BCUT2D eigenvalue weighted by atomic mass is 19.4. The van der Waals surface area contributed by atoms with Crippen LogP contribution in [-0.2, 0) is 16.1 Å². The molecule has 0 amide bonds. The Morgan fingerprint density at radius 2 is 2.24 bits per heavy atom. The minimum Gasteiger partial charge on any atom is -0.463 e. The number of alkyl halides is 3. The summed E-state index contributed by atoms with van der Waals surface area (Å²) in [7, 11) is 1.17. The molecule has 0 saturated carbocycles. The van der Waals surface area contributed by atoms with E-state index in [0.29, 0.717) is 5.56 Å². The van der Waals surface area contributed by atoms with Gasteiger partial charge in [0.25, 0.3) is 0 Å². The van der Waals surface area contributed by atoms with Gasteiger partial charge in [-0.3, -0.25) is 4.84 Å². The molecule has 1 N–H and O–H groups in total. The van der Waals surface area contributed by atoms with Crippen molar-refractivity contribution >= 4 is 5.97 Å². The Bertz CT molecular complexity index is 375. The summed E-state index contributed by atoms with van der Waals surface area (Å²) in [4.78, 5) is 15.3. The number of carbonyl (C=O) groups excluding carboxylic acids is 1. The molecular formula is C9H10F3NO4. The third kappa shape index (κ3) is 4.45. The first-order valence-corrected chi connectivity index (χ1v) is 4.50. The van der Waals surface area contributed by atoms with Gasteiger partial charge >= 0.3 is 12.1 Å². The van der Waals surface area contributed by atoms with E-state index in [1.807, 2.05) is 0 Å². The Labute approximate surface area is 94.4 Å². The number of esters is 1. The summed E-state index contributed by atoms with van der Waals surface area (Å²) in [6, 6.07) is 1.43. The van der Waals surface area contributed by atoms with Crippen molar-refractivity contribution in [2.75, 3.05) is 13.7 Å². The molecule has 8 heteroatoms. The second-order valence-corrected chi connectivity index (χ2v) is 2.99. The lowest BCUT2D eigenvalue weighted by Gasteiger charge is -2.07. The van der Waals surface area contributed by atoms with Gasteiger partial charge in [0, 0.05) is 5.56 Å². The SMILES string of the molecule is COC(=O)c1occc1CNOCC(F)(F)F. The third-order valence-corrected chi connectivity index (χ3v) is 1.72. The van der Waals surface area contributed by atoms with Crippen LogP contribution >= 0.6 is 0 Å². The van der Waals surface area contributed by atoms with Crippen molar-refractivity contribution in [1.82, 2.24) is 5.48 Å². The molecule has 0 atom stereocenters. The molecule has 0 aliphatic heterocycles. The Balaban J connectivity index is 2.42. The Hall–Kier alpha value is -1.54. The fourth-order valence-corrected chi connectivity index (χ4v) is 1.01. The number of carbonyl (C=O) groups is 1. The second-order valence-electron chi connectivity index (χ2n) is 2.99. The number of hydrogen-bond donors (Lipinski definition) is 1. The maximum atomic E-state index is 11.7. The van der Waals surface area contributed by atoms with Crippen molar-refractivity contribution in [3.05, 3.63) is 23.7 Å². The number of hydroxylamine groups is 1. The minimum absolute atomic E-state index is 0.0735. The zero-order valence-electron chi connectivity index (χ0n) is 8.84. The van der Waals surface area contributed by atoms with Crippen LogP contribution in [0.2, 0.25) is 0 Å². The average molecular weight is 253 g/mol. The zero-order valence-corrected chi connectivity index (χ0v) is 8.84. The highest BCUT2D eigenvalue weighted by molar-refractivity contribution is 5.87. The van der Waals surface area contributed by atoms with Crippen LogP contribution in [0.4, 0.5) is 13.2 Å². The molecule has 0 spiro atoms. The molecule has 1 aromatic heterocycles. The van der Waals surface area contributed by atoms with Gasteiger partial charge < -0.3 is 9.15 Å². The Kier molecular flexibility index (Phi) is 4.53. The Morgan fingerprint density at radius 3 is 2.82 bits per heavy atom. The number of halogens is 3. The third-order valence-electron chi connectivity index (χ3n) is 1.72. The van der Waals surface area contributed by atoms with E-state index in [9.17, 15) is 18.0 Å². The minimum atomic E-state index is -4.41. The van der Waals surface area contributed by atoms with Gasteiger partial charge in [0.15, 0.2) is 6.61 Å². The van der Waals surface area contributed by atoms with Crippen LogP contribution in [0.1, 0.15) is 16.1 Å². The van der Waals surface area contributed by atoms with Gasteiger partial charge in [-0.1, -0.05) is 0 Å². The van der Waals surface area contributed by atoms with Crippen molar-refractivity contribution < 1.29 is 32.0 Å². The van der Waals surface area contributed by atoms with Crippen LogP contribution in [0.3, 0.4) is 0 Å². The molecule has 1 aromatic rings. The van der Waals surface area contributed by atoms with Gasteiger partial charge in [-0.2, -0.15) is 18.7 Å². The molecular weight excluding hydrogens is 243 g/mol. The van der Waals surface area contributed by atoms with Gasteiger partial charge in [-0.25, -0.2) is 4.79 Å². The van der Waals surface area contributed by atoms with Crippen LogP contribution in [0.25, 0.3) is 0 Å². The first-order valence-electron chi connectivity index (χ1n) is 4.50. The smallest absolute Gasteiger partial charge is 0.413 e. The van der Waals surface area contributed by atoms with Crippen LogP contribution in [0.15, 0.2) is 16.7 Å². The summed E-state index contributed by atoms with van der Waals surface area (Å²) in [6.45, 7) is -1.52. The van der Waals surface area contributed by atoms with Crippen LogP contribution in [-0.4, -0.2) is 25.9 Å². The number of furan rings is 1. The van der Waals surface area contributed by atoms with Gasteiger partial charge in [-0.05, 0) is 6.07 Å². The molecule has 0 aliphatic rings.